The van der Waals surface area contributed by atoms with Gasteiger partial charge in [0.15, 0.2) is 6.10 Å². The third kappa shape index (κ3) is 5.54. The summed E-state index contributed by atoms with van der Waals surface area (Å²) in [5.41, 5.74) is 1.22. The van der Waals surface area contributed by atoms with E-state index in [0.29, 0.717) is 17.1 Å². The molecule has 1 aromatic heterocycles. The lowest BCUT2D eigenvalue weighted by molar-refractivity contribution is -0.122. The molecule has 13 heteroatoms. The van der Waals surface area contributed by atoms with Crippen molar-refractivity contribution in [3.63, 3.8) is 0 Å². The minimum atomic E-state index is -3.98. The van der Waals surface area contributed by atoms with E-state index >= 15 is 0 Å². The topological polar surface area (TPSA) is 148 Å². The summed E-state index contributed by atoms with van der Waals surface area (Å²) in [6, 6.07) is 21.6. The van der Waals surface area contributed by atoms with Crippen LogP contribution in [0, 0.1) is 6.92 Å². The van der Waals surface area contributed by atoms with Crippen molar-refractivity contribution in [2.24, 2.45) is 0 Å². The maximum Gasteiger partial charge on any atom is 0.267 e. The number of carbonyl (C=O) groups excluding carboxylic acids is 1. The monoisotopic (exact) mass is 565 g/mol. The zero-order valence-electron chi connectivity index (χ0n) is 20.6. The van der Waals surface area contributed by atoms with E-state index in [-0.39, 0.29) is 28.0 Å². The number of aromatic nitrogens is 2. The van der Waals surface area contributed by atoms with E-state index in [1.54, 1.807) is 55.5 Å². The number of aryl methyl sites for hydroxylation is 1. The standard InChI is InChI=1S/C26H23N5O6S2/c1-18-15-16-27-26(28-18)30-38(33,34)20-13-11-19(12-14-20)29-25(32)24-17-31(22-9-5-6-10-23(22)37-24)39(35,36)21-7-3-2-4-8-21/h2-16,24H,17H2,1H3,(H,29,32)(H,27,28,30)/t24-/m1/s1. The van der Waals surface area contributed by atoms with Gasteiger partial charge in [-0.15, -0.1) is 0 Å². The van der Waals surface area contributed by atoms with Crippen LogP contribution in [0.2, 0.25) is 0 Å². The molecule has 0 aliphatic carbocycles. The van der Waals surface area contributed by atoms with Gasteiger partial charge in [0, 0.05) is 17.6 Å². The van der Waals surface area contributed by atoms with Crippen molar-refractivity contribution in [3.8, 4) is 5.75 Å². The van der Waals surface area contributed by atoms with Crippen molar-refractivity contribution in [2.45, 2.75) is 22.8 Å². The van der Waals surface area contributed by atoms with Crippen molar-refractivity contribution < 1.29 is 26.4 Å². The highest BCUT2D eigenvalue weighted by molar-refractivity contribution is 7.93. The molecule has 0 fully saturated rings. The third-order valence-corrected chi connectivity index (χ3v) is 8.95. The number of anilines is 3. The van der Waals surface area contributed by atoms with Crippen LogP contribution in [0.15, 0.2) is 101 Å². The molecule has 0 radical (unpaired) electrons. The van der Waals surface area contributed by atoms with Gasteiger partial charge >= 0.3 is 0 Å². The Bertz CT molecular complexity index is 1730. The molecule has 1 atom stereocenters. The molecular formula is C26H23N5O6S2. The number of carbonyl (C=O) groups is 1. The molecule has 3 aromatic carbocycles. The van der Waals surface area contributed by atoms with Gasteiger partial charge in [-0.2, -0.15) is 0 Å². The molecule has 39 heavy (non-hydrogen) atoms. The normalized spacial score (nSPS) is 15.1. The number of para-hydroxylation sites is 2. The smallest absolute Gasteiger partial charge is 0.267 e. The van der Waals surface area contributed by atoms with E-state index in [4.69, 9.17) is 4.74 Å². The molecule has 5 rings (SSSR count). The molecule has 0 bridgehead atoms. The summed E-state index contributed by atoms with van der Waals surface area (Å²) in [6.45, 7) is 1.45. The van der Waals surface area contributed by atoms with Gasteiger partial charge in [-0.3, -0.25) is 9.10 Å². The van der Waals surface area contributed by atoms with Crippen molar-refractivity contribution in [2.75, 3.05) is 20.9 Å². The van der Waals surface area contributed by atoms with E-state index in [1.807, 2.05) is 0 Å². The van der Waals surface area contributed by atoms with E-state index < -0.39 is 32.1 Å². The highest BCUT2D eigenvalue weighted by atomic mass is 32.2. The quantitative estimate of drug-likeness (QED) is 0.347. The fourth-order valence-corrected chi connectivity index (χ4v) is 6.35. The lowest BCUT2D eigenvalue weighted by atomic mass is 10.2. The predicted octanol–water partition coefficient (Wildman–Crippen LogP) is 3.18. The largest absolute Gasteiger partial charge is 0.476 e. The molecule has 0 unspecified atom stereocenters. The summed E-state index contributed by atoms with van der Waals surface area (Å²) in [5, 5.41) is 2.66. The molecule has 0 saturated carbocycles. The van der Waals surface area contributed by atoms with E-state index in [9.17, 15) is 21.6 Å². The Kier molecular flexibility index (Phi) is 6.93. The summed E-state index contributed by atoms with van der Waals surface area (Å²) >= 11 is 0. The van der Waals surface area contributed by atoms with Crippen LogP contribution in [-0.4, -0.2) is 45.4 Å². The van der Waals surface area contributed by atoms with Crippen LogP contribution in [0.5, 0.6) is 5.75 Å². The molecule has 1 aliphatic rings. The van der Waals surface area contributed by atoms with Gasteiger partial charge in [0.05, 0.1) is 22.0 Å². The first-order valence-corrected chi connectivity index (χ1v) is 14.6. The van der Waals surface area contributed by atoms with E-state index in [0.717, 1.165) is 4.31 Å². The Hall–Kier alpha value is -4.49. The maximum atomic E-state index is 13.4. The zero-order valence-corrected chi connectivity index (χ0v) is 22.2. The maximum absolute atomic E-state index is 13.4. The molecule has 0 saturated heterocycles. The van der Waals surface area contributed by atoms with Crippen molar-refractivity contribution in [1.29, 1.82) is 0 Å². The van der Waals surface area contributed by atoms with Gasteiger partial charge in [0.2, 0.25) is 5.95 Å². The number of ether oxygens (including phenoxy) is 1. The zero-order chi connectivity index (χ0) is 27.6. The molecule has 11 nitrogen and oxygen atoms in total. The number of amides is 1. The lowest BCUT2D eigenvalue weighted by Gasteiger charge is -2.34. The Morgan fingerprint density at radius 1 is 0.897 bits per heavy atom. The minimum Gasteiger partial charge on any atom is -0.476 e. The number of nitrogens with zero attached hydrogens (tertiary/aromatic N) is 3. The molecule has 200 valence electrons. The number of benzene rings is 3. The molecule has 4 aromatic rings. The average molecular weight is 566 g/mol. The van der Waals surface area contributed by atoms with E-state index in [2.05, 4.69) is 20.0 Å². The van der Waals surface area contributed by atoms with Crippen LogP contribution in [0.1, 0.15) is 5.69 Å². The van der Waals surface area contributed by atoms with E-state index in [1.165, 1.54) is 42.6 Å². The lowest BCUT2D eigenvalue weighted by Crippen LogP contribution is -2.48. The van der Waals surface area contributed by atoms with Gasteiger partial charge in [-0.1, -0.05) is 30.3 Å². The molecule has 1 aliphatic heterocycles. The van der Waals surface area contributed by atoms with Crippen molar-refractivity contribution >= 4 is 43.3 Å². The summed E-state index contributed by atoms with van der Waals surface area (Å²) in [7, 11) is -7.94. The van der Waals surface area contributed by atoms with Crippen molar-refractivity contribution in [3.05, 3.63) is 96.8 Å². The van der Waals surface area contributed by atoms with Crippen LogP contribution in [0.4, 0.5) is 17.3 Å². The van der Waals surface area contributed by atoms with Gasteiger partial charge in [0.25, 0.3) is 26.0 Å². The minimum absolute atomic E-state index is 0.0582. The second-order valence-corrected chi connectivity index (χ2v) is 12.1. The number of hydrogen-bond donors (Lipinski definition) is 2. The summed E-state index contributed by atoms with van der Waals surface area (Å²) in [5.74, 6) is -0.411. The second kappa shape index (κ2) is 10.3. The van der Waals surface area contributed by atoms with Crippen LogP contribution in [0.25, 0.3) is 0 Å². The molecule has 0 spiro atoms. The second-order valence-electron chi connectivity index (χ2n) is 8.56. The average Bonchev–Trinajstić information content (AvgIpc) is 2.93. The summed E-state index contributed by atoms with van der Waals surface area (Å²) in [4.78, 5) is 21.1. The highest BCUT2D eigenvalue weighted by Crippen LogP contribution is 2.37. The SMILES string of the molecule is Cc1ccnc(NS(=O)(=O)c2ccc(NC(=O)[C@H]3CN(S(=O)(=O)c4ccccc4)c4ccccc4O3)cc2)n1. The van der Waals surface area contributed by atoms with Crippen LogP contribution in [0.3, 0.4) is 0 Å². The first kappa shape index (κ1) is 26.1. The fourth-order valence-electron chi connectivity index (χ4n) is 3.90. The Morgan fingerprint density at radius 2 is 1.59 bits per heavy atom. The number of nitrogens with one attached hydrogen (secondary N) is 2. The van der Waals surface area contributed by atoms with Crippen LogP contribution in [-0.2, 0) is 24.8 Å². The van der Waals surface area contributed by atoms with Gasteiger partial charge in [0.1, 0.15) is 5.75 Å². The number of sulfonamides is 2. The first-order chi connectivity index (χ1) is 18.6. The molecular weight excluding hydrogens is 542 g/mol. The Balaban J connectivity index is 1.33. The number of hydrogen-bond acceptors (Lipinski definition) is 8. The summed E-state index contributed by atoms with van der Waals surface area (Å²) in [6.07, 6.45) is 0.276. The third-order valence-electron chi connectivity index (χ3n) is 5.81. The van der Waals surface area contributed by atoms with Gasteiger partial charge < -0.3 is 10.1 Å². The number of fused-ring (bicyclic) bond motifs is 1. The molecule has 2 heterocycles. The highest BCUT2D eigenvalue weighted by Gasteiger charge is 2.37. The molecule has 1 amide bonds. The van der Waals surface area contributed by atoms with Crippen LogP contribution < -0.4 is 19.1 Å². The predicted molar refractivity (Wildman–Crippen MR) is 144 cm³/mol. The molecule has 2 N–H and O–H groups in total. The van der Waals surface area contributed by atoms with Crippen molar-refractivity contribution in [1.82, 2.24) is 9.97 Å². The van der Waals surface area contributed by atoms with Gasteiger partial charge in [-0.25, -0.2) is 31.5 Å². The summed E-state index contributed by atoms with van der Waals surface area (Å²) < 4.78 is 61.5. The Labute approximate surface area is 225 Å². The van der Waals surface area contributed by atoms with Crippen LogP contribution >= 0.6 is 0 Å². The first-order valence-electron chi connectivity index (χ1n) is 11.7. The van der Waals surface area contributed by atoms with Gasteiger partial charge in [-0.05, 0) is 61.5 Å². The number of rotatable bonds is 7. The fraction of sp³-hybridized carbons (Fsp3) is 0.115. The Morgan fingerprint density at radius 3 is 2.31 bits per heavy atom.